The SMILES string of the molecule is CC[SiH](CC)CC.COc1ccc(C(=O)c2cc(I)ccc2Cl)cc1.COc1ccc(Cc2cc(I)ccc2Cl)cc1. The molecule has 4 aromatic carbocycles. The van der Waals surface area contributed by atoms with E-state index >= 15 is 0 Å². The minimum atomic E-state index is -0.171. The fourth-order valence-electron chi connectivity index (χ4n) is 4.08. The summed E-state index contributed by atoms with van der Waals surface area (Å²) in [5.41, 5.74) is 3.51. The van der Waals surface area contributed by atoms with E-state index < -0.39 is 0 Å². The summed E-state index contributed by atoms with van der Waals surface area (Å²) in [5, 5.41) is 1.29. The van der Waals surface area contributed by atoms with Crippen molar-refractivity contribution < 1.29 is 14.3 Å². The van der Waals surface area contributed by atoms with Gasteiger partial charge >= 0.3 is 0 Å². The molecule has 0 radical (unpaired) electrons. The number of rotatable bonds is 9. The number of methoxy groups -OCH3 is 2. The fraction of sp³-hybridized carbons (Fsp3) is 0.265. The Labute approximate surface area is 290 Å². The number of hydrogen-bond acceptors (Lipinski definition) is 3. The van der Waals surface area contributed by atoms with Crippen LogP contribution in [-0.4, -0.2) is 28.8 Å². The highest BCUT2D eigenvalue weighted by molar-refractivity contribution is 14.1. The number of benzene rings is 4. The van der Waals surface area contributed by atoms with E-state index in [1.807, 2.05) is 30.3 Å². The molecular formula is C34H38Cl2I2O3Si. The van der Waals surface area contributed by atoms with Crippen molar-refractivity contribution in [1.29, 1.82) is 0 Å². The van der Waals surface area contributed by atoms with Gasteiger partial charge in [0.15, 0.2) is 5.78 Å². The second-order valence-corrected chi connectivity index (χ2v) is 17.0. The van der Waals surface area contributed by atoms with Crippen LogP contribution in [0.4, 0.5) is 0 Å². The van der Waals surface area contributed by atoms with Gasteiger partial charge in [-0.05, 0) is 136 Å². The Hall–Kier alpha value is -1.59. The lowest BCUT2D eigenvalue weighted by Crippen LogP contribution is -2.04. The van der Waals surface area contributed by atoms with Gasteiger partial charge in [-0.15, -0.1) is 0 Å². The first kappa shape index (κ1) is 36.6. The van der Waals surface area contributed by atoms with Crippen LogP contribution in [0.5, 0.6) is 11.5 Å². The molecule has 0 fully saturated rings. The largest absolute Gasteiger partial charge is 0.497 e. The zero-order valence-electron chi connectivity index (χ0n) is 24.7. The van der Waals surface area contributed by atoms with Crippen LogP contribution < -0.4 is 9.47 Å². The molecule has 0 aliphatic carbocycles. The van der Waals surface area contributed by atoms with Crippen LogP contribution >= 0.6 is 68.4 Å². The molecule has 4 aromatic rings. The zero-order valence-corrected chi connectivity index (χ0v) is 31.7. The lowest BCUT2D eigenvalue weighted by atomic mass is 10.0. The highest BCUT2D eigenvalue weighted by Crippen LogP contribution is 2.24. The fourth-order valence-corrected chi connectivity index (χ4v) is 7.24. The molecule has 0 saturated heterocycles. The molecule has 0 amide bonds. The van der Waals surface area contributed by atoms with Crippen LogP contribution in [0, 0.1) is 7.14 Å². The van der Waals surface area contributed by atoms with E-state index in [0.29, 0.717) is 16.1 Å². The van der Waals surface area contributed by atoms with Gasteiger partial charge in [-0.1, -0.05) is 74.2 Å². The van der Waals surface area contributed by atoms with Gasteiger partial charge in [-0.2, -0.15) is 0 Å². The van der Waals surface area contributed by atoms with Gasteiger partial charge in [0.05, 0.1) is 19.2 Å². The summed E-state index contributed by atoms with van der Waals surface area (Å²) in [6.07, 6.45) is 0.847. The predicted octanol–water partition coefficient (Wildman–Crippen LogP) is 11.0. The molecule has 0 saturated carbocycles. The third-order valence-electron chi connectivity index (χ3n) is 6.82. The highest BCUT2D eigenvalue weighted by Gasteiger charge is 2.13. The molecule has 224 valence electrons. The summed E-state index contributed by atoms with van der Waals surface area (Å²) in [4.78, 5) is 12.3. The number of halogens is 4. The van der Waals surface area contributed by atoms with Crippen molar-refractivity contribution in [2.75, 3.05) is 14.2 Å². The molecule has 0 heterocycles. The molecular weight excluding hydrogens is 809 g/mol. The summed E-state index contributed by atoms with van der Waals surface area (Å²) in [5.74, 6) is 1.52. The van der Waals surface area contributed by atoms with Crippen molar-refractivity contribution in [3.05, 3.63) is 124 Å². The van der Waals surface area contributed by atoms with Gasteiger partial charge < -0.3 is 9.47 Å². The van der Waals surface area contributed by atoms with Crippen LogP contribution in [0.25, 0.3) is 0 Å². The van der Waals surface area contributed by atoms with E-state index in [2.05, 4.69) is 84.2 Å². The van der Waals surface area contributed by atoms with Crippen LogP contribution in [0.3, 0.4) is 0 Å². The lowest BCUT2D eigenvalue weighted by Gasteiger charge is -2.06. The Kier molecular flexibility index (Phi) is 17.1. The van der Waals surface area contributed by atoms with Gasteiger partial charge in [-0.25, -0.2) is 0 Å². The molecule has 8 heteroatoms. The third kappa shape index (κ3) is 12.2. The van der Waals surface area contributed by atoms with Crippen molar-refractivity contribution in [2.24, 2.45) is 0 Å². The average Bonchev–Trinajstić information content (AvgIpc) is 3.02. The molecule has 0 spiro atoms. The Balaban J connectivity index is 0.000000241. The average molecular weight is 847 g/mol. The second-order valence-electron chi connectivity index (χ2n) is 9.53. The van der Waals surface area contributed by atoms with Gasteiger partial charge in [0.25, 0.3) is 0 Å². The molecule has 0 aromatic heterocycles. The monoisotopic (exact) mass is 846 g/mol. The van der Waals surface area contributed by atoms with Gasteiger partial charge in [0.2, 0.25) is 0 Å². The van der Waals surface area contributed by atoms with E-state index in [1.165, 1.54) is 27.3 Å². The Morgan fingerprint density at radius 2 is 1.17 bits per heavy atom. The summed E-state index contributed by atoms with van der Waals surface area (Å²) in [6, 6.07) is 31.0. The zero-order chi connectivity index (χ0) is 31.1. The van der Waals surface area contributed by atoms with Crippen LogP contribution in [-0.2, 0) is 6.42 Å². The lowest BCUT2D eigenvalue weighted by molar-refractivity contribution is 0.103. The maximum absolute atomic E-state index is 12.3. The third-order valence-corrected chi connectivity index (χ3v) is 12.3. The summed E-state index contributed by atoms with van der Waals surface area (Å²) >= 11 is 16.7. The van der Waals surface area contributed by atoms with E-state index in [1.54, 1.807) is 50.6 Å². The predicted molar refractivity (Wildman–Crippen MR) is 199 cm³/mol. The molecule has 0 N–H and O–H groups in total. The van der Waals surface area contributed by atoms with Crippen molar-refractivity contribution in [3.8, 4) is 11.5 Å². The number of hydrogen-bond donors (Lipinski definition) is 0. The number of carbonyl (C=O) groups excluding carboxylic acids is 1. The van der Waals surface area contributed by atoms with E-state index in [9.17, 15) is 4.79 Å². The topological polar surface area (TPSA) is 35.5 Å². The first-order chi connectivity index (χ1) is 20.1. The van der Waals surface area contributed by atoms with Crippen LogP contribution in [0.2, 0.25) is 28.2 Å². The smallest absolute Gasteiger partial charge is 0.194 e. The quantitative estimate of drug-likeness (QED) is 0.0956. The minimum absolute atomic E-state index is 0.0823. The van der Waals surface area contributed by atoms with E-state index in [0.717, 1.165) is 32.1 Å². The summed E-state index contributed by atoms with van der Waals surface area (Å²) in [6.45, 7) is 6.97. The molecule has 0 unspecified atom stereocenters. The number of carbonyl (C=O) groups is 1. The van der Waals surface area contributed by atoms with E-state index in [4.69, 9.17) is 32.7 Å². The number of ether oxygens (including phenoxy) is 2. The molecule has 0 aliphatic rings. The Morgan fingerprint density at radius 3 is 1.64 bits per heavy atom. The Bertz CT molecular complexity index is 1390. The van der Waals surface area contributed by atoms with Crippen LogP contribution in [0.1, 0.15) is 47.8 Å². The summed E-state index contributed by atoms with van der Waals surface area (Å²) < 4.78 is 12.4. The first-order valence-corrected chi connectivity index (χ1v) is 19.2. The number of ketones is 1. The Morgan fingerprint density at radius 1 is 0.690 bits per heavy atom. The minimum Gasteiger partial charge on any atom is -0.497 e. The molecule has 3 nitrogen and oxygen atoms in total. The summed E-state index contributed by atoms with van der Waals surface area (Å²) in [7, 11) is 3.09. The van der Waals surface area contributed by atoms with Crippen molar-refractivity contribution >= 4 is 83.0 Å². The van der Waals surface area contributed by atoms with Crippen molar-refractivity contribution in [3.63, 3.8) is 0 Å². The molecule has 0 aliphatic heterocycles. The van der Waals surface area contributed by atoms with Gasteiger partial charge in [0, 0.05) is 32.1 Å². The molecule has 42 heavy (non-hydrogen) atoms. The van der Waals surface area contributed by atoms with Crippen LogP contribution in [0.15, 0.2) is 84.9 Å². The van der Waals surface area contributed by atoms with E-state index in [-0.39, 0.29) is 14.6 Å². The molecule has 0 bridgehead atoms. The molecule has 4 rings (SSSR count). The maximum atomic E-state index is 12.3. The van der Waals surface area contributed by atoms with Gasteiger partial charge in [-0.3, -0.25) is 4.79 Å². The standard InChI is InChI=1S/C14H10ClIO2.C14H12ClIO.C6H16Si/c1-18-11-5-2-9(3-6-11)14(17)12-8-10(16)4-7-13(12)15;1-17-13-5-2-10(3-6-13)8-11-9-12(16)4-7-14(11)15;1-4-7(5-2)6-3/h2-8H,1H3;2-7,9H,8H2,1H3;7H,4-6H2,1-3H3. The van der Waals surface area contributed by atoms with Gasteiger partial charge in [0.1, 0.15) is 11.5 Å². The maximum Gasteiger partial charge on any atom is 0.194 e. The first-order valence-electron chi connectivity index (χ1n) is 13.9. The second kappa shape index (κ2) is 19.6. The normalized spacial score (nSPS) is 10.2. The highest BCUT2D eigenvalue weighted by atomic mass is 127. The van der Waals surface area contributed by atoms with Crippen molar-refractivity contribution in [2.45, 2.75) is 45.3 Å². The molecule has 0 atom stereocenters. The van der Waals surface area contributed by atoms with Crippen molar-refractivity contribution in [1.82, 2.24) is 0 Å².